The van der Waals surface area contributed by atoms with E-state index in [0.717, 1.165) is 27.4 Å². The van der Waals surface area contributed by atoms with Crippen LogP contribution in [0.1, 0.15) is 35.5 Å². The van der Waals surface area contributed by atoms with E-state index >= 15 is 0 Å². The third-order valence-corrected chi connectivity index (χ3v) is 3.72. The molecule has 2 aromatic rings. The Balaban J connectivity index is 0.00000106. The zero-order valence-corrected chi connectivity index (χ0v) is 14.0. The molecule has 4 nitrogen and oxygen atoms in total. The van der Waals surface area contributed by atoms with E-state index in [2.05, 4.69) is 9.69 Å². The number of benzene rings is 1. The lowest BCUT2D eigenvalue weighted by Gasteiger charge is -2.08. The molecule has 1 heterocycles. The van der Waals surface area contributed by atoms with Gasteiger partial charge in [0.1, 0.15) is 6.61 Å². The largest absolute Gasteiger partial charge is 0.444 e. The first-order valence-electron chi connectivity index (χ1n) is 6.99. The van der Waals surface area contributed by atoms with Gasteiger partial charge in [0.2, 0.25) is 0 Å². The van der Waals surface area contributed by atoms with Crippen LogP contribution in [0.15, 0.2) is 24.3 Å². The van der Waals surface area contributed by atoms with Crippen molar-refractivity contribution in [1.29, 1.82) is 0 Å². The summed E-state index contributed by atoms with van der Waals surface area (Å²) in [5.74, 6) is 0. The second-order valence-corrected chi connectivity index (χ2v) is 5.30. The maximum Gasteiger partial charge on any atom is 0.412 e. The topological polar surface area (TPSA) is 51.2 Å². The van der Waals surface area contributed by atoms with Crippen LogP contribution in [0, 0.1) is 20.8 Å². The van der Waals surface area contributed by atoms with Crippen molar-refractivity contribution in [2.24, 2.45) is 0 Å². The van der Waals surface area contributed by atoms with Gasteiger partial charge in [0.05, 0.1) is 11.4 Å². The number of amides is 1. The fourth-order valence-electron chi connectivity index (χ4n) is 1.71. The summed E-state index contributed by atoms with van der Waals surface area (Å²) < 4.78 is 9.39. The summed E-state index contributed by atoms with van der Waals surface area (Å²) in [6.07, 6.45) is -0.449. The molecule has 2 rings (SSSR count). The molecule has 0 aliphatic carbocycles. The lowest BCUT2D eigenvalue weighted by atomic mass is 10.1. The zero-order valence-electron chi connectivity index (χ0n) is 13.2. The lowest BCUT2D eigenvalue weighted by Crippen LogP contribution is -2.14. The van der Waals surface area contributed by atoms with Crippen LogP contribution in [0.25, 0.3) is 0 Å². The fourth-order valence-corrected chi connectivity index (χ4v) is 2.37. The Morgan fingerprint density at radius 1 is 1.24 bits per heavy atom. The fraction of sp³-hybridized carbons (Fsp3) is 0.375. The van der Waals surface area contributed by atoms with Crippen LogP contribution < -0.4 is 5.32 Å². The summed E-state index contributed by atoms with van der Waals surface area (Å²) in [6.45, 7) is 10.0. The normalized spacial score (nSPS) is 9.57. The Morgan fingerprint density at radius 3 is 2.48 bits per heavy atom. The predicted molar refractivity (Wildman–Crippen MR) is 87.9 cm³/mol. The van der Waals surface area contributed by atoms with Gasteiger partial charge >= 0.3 is 6.09 Å². The molecule has 0 radical (unpaired) electrons. The van der Waals surface area contributed by atoms with E-state index in [0.29, 0.717) is 0 Å². The molecule has 0 saturated carbocycles. The van der Waals surface area contributed by atoms with Crippen LogP contribution in [0.5, 0.6) is 0 Å². The standard InChI is InChI=1S/C14H16N2O2S.C2H6/c1-9-6-4-5-7-12(9)8-18-14(17)15-13-10(2)16-19-11(13)3;1-2/h4-7H,8H2,1-3H3,(H,15,17);1-2H3. The van der Waals surface area contributed by atoms with Gasteiger partial charge in [0.25, 0.3) is 0 Å². The Bertz CT molecular complexity index is 574. The summed E-state index contributed by atoms with van der Waals surface area (Å²) in [6, 6.07) is 7.84. The molecular formula is C16H22N2O2S. The number of hydrogen-bond donors (Lipinski definition) is 1. The van der Waals surface area contributed by atoms with Gasteiger partial charge in [0.15, 0.2) is 0 Å². The molecule has 0 aliphatic heterocycles. The average Bonchev–Trinajstić information content (AvgIpc) is 2.80. The molecule has 0 unspecified atom stereocenters. The van der Waals surface area contributed by atoms with Crippen molar-refractivity contribution >= 4 is 23.3 Å². The molecule has 0 saturated heterocycles. The van der Waals surface area contributed by atoms with Gasteiger partial charge in [-0.25, -0.2) is 4.79 Å². The highest BCUT2D eigenvalue weighted by molar-refractivity contribution is 7.06. The van der Waals surface area contributed by atoms with Crippen molar-refractivity contribution in [3.63, 3.8) is 0 Å². The van der Waals surface area contributed by atoms with Gasteiger partial charge in [-0.05, 0) is 43.4 Å². The molecule has 21 heavy (non-hydrogen) atoms. The third-order valence-electron chi connectivity index (χ3n) is 2.88. The molecule has 0 atom stereocenters. The Hall–Kier alpha value is -1.88. The van der Waals surface area contributed by atoms with Crippen LogP contribution in [-0.2, 0) is 11.3 Å². The molecular weight excluding hydrogens is 284 g/mol. The highest BCUT2D eigenvalue weighted by Crippen LogP contribution is 2.23. The number of hydrogen-bond acceptors (Lipinski definition) is 4. The molecule has 5 heteroatoms. The Labute approximate surface area is 130 Å². The molecule has 1 aromatic heterocycles. The monoisotopic (exact) mass is 306 g/mol. The molecule has 1 amide bonds. The highest BCUT2D eigenvalue weighted by atomic mass is 32.1. The molecule has 114 valence electrons. The maximum absolute atomic E-state index is 11.7. The van der Waals surface area contributed by atoms with Crippen molar-refractivity contribution in [2.75, 3.05) is 5.32 Å². The number of nitrogens with one attached hydrogen (secondary N) is 1. The SMILES string of the molecule is CC.Cc1ccccc1COC(=O)Nc1c(C)nsc1C. The number of carbonyl (C=O) groups is 1. The molecule has 0 fully saturated rings. The van der Waals surface area contributed by atoms with Crippen molar-refractivity contribution in [3.05, 3.63) is 46.0 Å². The number of rotatable bonds is 3. The summed E-state index contributed by atoms with van der Waals surface area (Å²) >= 11 is 1.37. The second kappa shape index (κ2) is 8.42. The molecule has 0 aliphatic rings. The first-order valence-corrected chi connectivity index (χ1v) is 7.76. The number of anilines is 1. The van der Waals surface area contributed by atoms with Crippen LogP contribution >= 0.6 is 11.5 Å². The van der Waals surface area contributed by atoms with Crippen LogP contribution in [0.4, 0.5) is 10.5 Å². The maximum atomic E-state index is 11.7. The number of nitrogens with zero attached hydrogens (tertiary/aromatic N) is 1. The van der Waals surface area contributed by atoms with Crippen molar-refractivity contribution in [3.8, 4) is 0 Å². The van der Waals surface area contributed by atoms with Gasteiger partial charge in [-0.15, -0.1) is 0 Å². The van der Waals surface area contributed by atoms with E-state index in [9.17, 15) is 4.79 Å². The molecule has 1 N–H and O–H groups in total. The van der Waals surface area contributed by atoms with Crippen LogP contribution in [-0.4, -0.2) is 10.5 Å². The van der Waals surface area contributed by atoms with Gasteiger partial charge in [-0.1, -0.05) is 38.1 Å². The van der Waals surface area contributed by atoms with Crippen LogP contribution in [0.2, 0.25) is 0 Å². The van der Waals surface area contributed by atoms with E-state index < -0.39 is 6.09 Å². The van der Waals surface area contributed by atoms with Gasteiger partial charge in [0, 0.05) is 4.88 Å². The zero-order chi connectivity index (χ0) is 15.8. The van der Waals surface area contributed by atoms with Crippen molar-refractivity contribution in [2.45, 2.75) is 41.2 Å². The van der Waals surface area contributed by atoms with Gasteiger partial charge in [-0.3, -0.25) is 5.32 Å². The van der Waals surface area contributed by atoms with E-state index in [1.54, 1.807) is 0 Å². The molecule has 0 bridgehead atoms. The highest BCUT2D eigenvalue weighted by Gasteiger charge is 2.11. The Morgan fingerprint density at radius 2 is 1.90 bits per heavy atom. The van der Waals surface area contributed by atoms with E-state index in [4.69, 9.17) is 4.74 Å². The first kappa shape index (κ1) is 17.2. The Kier molecular flexibility index (Phi) is 6.88. The van der Waals surface area contributed by atoms with E-state index in [1.165, 1.54) is 11.5 Å². The minimum absolute atomic E-state index is 0.272. The quantitative estimate of drug-likeness (QED) is 0.882. The number of ether oxygens (including phenoxy) is 1. The molecule has 1 aromatic carbocycles. The van der Waals surface area contributed by atoms with E-state index in [-0.39, 0.29) is 6.61 Å². The third kappa shape index (κ3) is 4.86. The number of aromatic nitrogens is 1. The molecule has 0 spiro atoms. The summed E-state index contributed by atoms with van der Waals surface area (Å²) in [5, 5.41) is 2.73. The van der Waals surface area contributed by atoms with E-state index in [1.807, 2.05) is 58.9 Å². The summed E-state index contributed by atoms with van der Waals surface area (Å²) in [5.41, 5.74) is 3.68. The van der Waals surface area contributed by atoms with Crippen LogP contribution in [0.3, 0.4) is 0 Å². The van der Waals surface area contributed by atoms with Crippen molar-refractivity contribution in [1.82, 2.24) is 4.37 Å². The average molecular weight is 306 g/mol. The minimum Gasteiger partial charge on any atom is -0.444 e. The summed E-state index contributed by atoms with van der Waals surface area (Å²) in [7, 11) is 0. The second-order valence-electron chi connectivity index (χ2n) is 4.33. The number of aryl methyl sites for hydroxylation is 3. The predicted octanol–water partition coefficient (Wildman–Crippen LogP) is 4.84. The number of carbonyl (C=O) groups excluding carboxylic acids is 1. The smallest absolute Gasteiger partial charge is 0.412 e. The minimum atomic E-state index is -0.449. The lowest BCUT2D eigenvalue weighted by molar-refractivity contribution is 0.155. The van der Waals surface area contributed by atoms with Gasteiger partial charge < -0.3 is 4.74 Å². The van der Waals surface area contributed by atoms with Gasteiger partial charge in [-0.2, -0.15) is 4.37 Å². The summed E-state index contributed by atoms with van der Waals surface area (Å²) in [4.78, 5) is 12.7. The first-order chi connectivity index (χ1) is 10.1. The van der Waals surface area contributed by atoms with Crippen molar-refractivity contribution < 1.29 is 9.53 Å².